The average Bonchev–Trinajstić information content (AvgIpc) is 2.53. The Morgan fingerprint density at radius 2 is 1.83 bits per heavy atom. The Morgan fingerprint density at radius 1 is 1.28 bits per heavy atom. The Balaban J connectivity index is 2.50. The van der Waals surface area contributed by atoms with E-state index in [1.54, 1.807) is 0 Å². The SMILES string of the molecule is C/C(Br)=C1\OC(c2ccc(Cl)cc2)=[N+](C)C1(C)C. The summed E-state index contributed by atoms with van der Waals surface area (Å²) >= 11 is 9.42. The monoisotopic (exact) mass is 328 g/mol. The molecular formula is C14H16BrClNO+. The maximum atomic E-state index is 6.01. The number of rotatable bonds is 1. The number of hydrogen-bond donors (Lipinski definition) is 0. The van der Waals surface area contributed by atoms with Gasteiger partial charge < -0.3 is 4.74 Å². The van der Waals surface area contributed by atoms with E-state index in [-0.39, 0.29) is 5.54 Å². The Bertz CT molecular complexity index is 539. The quantitative estimate of drug-likeness (QED) is 0.705. The highest BCUT2D eigenvalue weighted by atomic mass is 79.9. The maximum Gasteiger partial charge on any atom is 0.375 e. The van der Waals surface area contributed by atoms with Gasteiger partial charge >= 0.3 is 5.90 Å². The van der Waals surface area contributed by atoms with E-state index < -0.39 is 0 Å². The van der Waals surface area contributed by atoms with Crippen molar-refractivity contribution >= 4 is 33.4 Å². The van der Waals surface area contributed by atoms with E-state index in [9.17, 15) is 0 Å². The van der Waals surface area contributed by atoms with E-state index in [2.05, 4.69) is 34.4 Å². The predicted molar refractivity (Wildman–Crippen MR) is 78.5 cm³/mol. The predicted octanol–water partition coefficient (Wildman–Crippen LogP) is 4.16. The third-order valence-corrected chi connectivity index (χ3v) is 3.91. The number of ether oxygens (including phenoxy) is 1. The smallest absolute Gasteiger partial charge is 0.375 e. The molecule has 0 unspecified atom stereocenters. The first kappa shape index (κ1) is 13.6. The maximum absolute atomic E-state index is 6.01. The third kappa shape index (κ3) is 2.21. The lowest BCUT2D eigenvalue weighted by atomic mass is 10.0. The number of likely N-dealkylation sites (N-methyl/N-ethyl adjacent to an activating group) is 1. The van der Waals surface area contributed by atoms with E-state index in [4.69, 9.17) is 16.3 Å². The zero-order valence-electron chi connectivity index (χ0n) is 10.9. The molecule has 1 aliphatic rings. The van der Waals surface area contributed by atoms with Crippen molar-refractivity contribution in [3.8, 4) is 0 Å². The summed E-state index contributed by atoms with van der Waals surface area (Å²) in [6, 6.07) is 7.68. The zero-order chi connectivity index (χ0) is 13.5. The summed E-state index contributed by atoms with van der Waals surface area (Å²) in [7, 11) is 2.03. The van der Waals surface area contributed by atoms with Gasteiger partial charge in [0.05, 0.1) is 5.56 Å². The van der Waals surface area contributed by atoms with E-state index in [0.717, 1.165) is 26.7 Å². The van der Waals surface area contributed by atoms with E-state index >= 15 is 0 Å². The lowest BCUT2D eigenvalue weighted by Gasteiger charge is -2.13. The van der Waals surface area contributed by atoms with Gasteiger partial charge in [-0.1, -0.05) is 27.5 Å². The zero-order valence-corrected chi connectivity index (χ0v) is 13.3. The number of hydrogen-bond acceptors (Lipinski definition) is 1. The van der Waals surface area contributed by atoms with Gasteiger partial charge in [-0.05, 0) is 31.2 Å². The van der Waals surface area contributed by atoms with Crippen LogP contribution < -0.4 is 0 Å². The van der Waals surface area contributed by atoms with Crippen LogP contribution in [0.25, 0.3) is 0 Å². The summed E-state index contributed by atoms with van der Waals surface area (Å²) in [5, 5.41) is 0.728. The van der Waals surface area contributed by atoms with E-state index in [1.807, 2.05) is 38.2 Å². The molecule has 18 heavy (non-hydrogen) atoms. The van der Waals surface area contributed by atoms with E-state index in [1.165, 1.54) is 0 Å². The van der Waals surface area contributed by atoms with Crippen molar-refractivity contribution in [3.05, 3.63) is 45.1 Å². The van der Waals surface area contributed by atoms with Crippen LogP contribution in [0.2, 0.25) is 5.02 Å². The van der Waals surface area contributed by atoms with Gasteiger partial charge in [-0.2, -0.15) is 4.58 Å². The fourth-order valence-corrected chi connectivity index (χ4v) is 2.73. The van der Waals surface area contributed by atoms with Crippen LogP contribution in [0.4, 0.5) is 0 Å². The summed E-state index contributed by atoms with van der Waals surface area (Å²) < 4.78 is 9.16. The topological polar surface area (TPSA) is 12.2 Å². The van der Waals surface area contributed by atoms with Crippen LogP contribution in [0.1, 0.15) is 26.3 Å². The Hall–Kier alpha value is -0.800. The van der Waals surface area contributed by atoms with Gasteiger partial charge in [-0.15, -0.1) is 0 Å². The molecule has 0 amide bonds. The van der Waals surface area contributed by atoms with Crippen LogP contribution in [0.15, 0.2) is 34.5 Å². The van der Waals surface area contributed by atoms with Gasteiger partial charge in [0.2, 0.25) is 5.54 Å². The molecule has 4 heteroatoms. The summed E-state index contributed by atoms with van der Waals surface area (Å²) in [4.78, 5) is 0. The van der Waals surface area contributed by atoms with Crippen LogP contribution in [0.3, 0.4) is 0 Å². The summed E-state index contributed by atoms with van der Waals surface area (Å²) in [5.74, 6) is 1.79. The Morgan fingerprint density at radius 3 is 2.28 bits per heavy atom. The fraction of sp³-hybridized carbons (Fsp3) is 0.357. The van der Waals surface area contributed by atoms with Gasteiger partial charge in [-0.25, -0.2) is 0 Å². The first-order chi connectivity index (χ1) is 8.34. The summed E-state index contributed by atoms with van der Waals surface area (Å²) in [5.41, 5.74) is 0.862. The molecule has 0 atom stereocenters. The minimum Gasteiger partial charge on any atom is -0.401 e. The highest BCUT2D eigenvalue weighted by molar-refractivity contribution is 9.11. The second-order valence-corrected chi connectivity index (χ2v) is 6.52. The molecule has 1 aliphatic heterocycles. The molecule has 96 valence electrons. The van der Waals surface area contributed by atoms with Crippen molar-refractivity contribution in [1.82, 2.24) is 0 Å². The molecular weight excluding hydrogens is 314 g/mol. The van der Waals surface area contributed by atoms with Crippen LogP contribution in [-0.2, 0) is 4.74 Å². The van der Waals surface area contributed by atoms with Gasteiger partial charge in [0.15, 0.2) is 5.76 Å². The van der Waals surface area contributed by atoms with Crippen molar-refractivity contribution in [1.29, 1.82) is 0 Å². The van der Waals surface area contributed by atoms with Gasteiger partial charge in [0.25, 0.3) is 0 Å². The molecule has 0 aliphatic carbocycles. The molecule has 0 bridgehead atoms. The molecule has 1 aromatic carbocycles. The molecule has 1 heterocycles. The standard InChI is InChI=1S/C14H16BrClNO/c1-9(15)12-14(2,3)17(4)13(18-12)10-5-7-11(16)8-6-10/h5-8H,1-4H3/q+1/b12-9+. The van der Waals surface area contributed by atoms with Crippen LogP contribution >= 0.6 is 27.5 Å². The number of halogens is 2. The normalized spacial score (nSPS) is 21.0. The fourth-order valence-electron chi connectivity index (χ4n) is 2.03. The van der Waals surface area contributed by atoms with Crippen molar-refractivity contribution in [2.45, 2.75) is 26.3 Å². The second-order valence-electron chi connectivity index (χ2n) is 4.89. The molecule has 0 saturated heterocycles. The Kier molecular flexibility index (Phi) is 3.56. The van der Waals surface area contributed by atoms with Gasteiger partial charge in [-0.3, -0.25) is 0 Å². The van der Waals surface area contributed by atoms with Crippen molar-refractivity contribution in [2.75, 3.05) is 7.05 Å². The number of allylic oxidation sites excluding steroid dienone is 1. The lowest BCUT2D eigenvalue weighted by molar-refractivity contribution is -0.556. The van der Waals surface area contributed by atoms with Crippen molar-refractivity contribution < 1.29 is 9.31 Å². The molecule has 0 aromatic heterocycles. The molecule has 1 aromatic rings. The lowest BCUT2D eigenvalue weighted by Crippen LogP contribution is -2.32. The number of nitrogens with zero attached hydrogens (tertiary/aromatic N) is 1. The molecule has 0 N–H and O–H groups in total. The molecule has 2 nitrogen and oxygen atoms in total. The highest BCUT2D eigenvalue weighted by Crippen LogP contribution is 2.33. The highest BCUT2D eigenvalue weighted by Gasteiger charge is 2.46. The second kappa shape index (κ2) is 4.71. The Labute approximate surface area is 121 Å². The first-order valence-corrected chi connectivity index (χ1v) is 6.92. The van der Waals surface area contributed by atoms with Crippen LogP contribution in [0, 0.1) is 0 Å². The first-order valence-electron chi connectivity index (χ1n) is 5.75. The molecule has 0 saturated carbocycles. The number of benzene rings is 1. The van der Waals surface area contributed by atoms with Crippen LogP contribution in [0.5, 0.6) is 0 Å². The van der Waals surface area contributed by atoms with Crippen molar-refractivity contribution in [3.63, 3.8) is 0 Å². The van der Waals surface area contributed by atoms with Gasteiger partial charge in [0.1, 0.15) is 7.05 Å². The summed E-state index contributed by atoms with van der Waals surface area (Å²) in [6.45, 7) is 6.27. The van der Waals surface area contributed by atoms with Gasteiger partial charge in [0, 0.05) is 23.4 Å². The van der Waals surface area contributed by atoms with E-state index in [0.29, 0.717) is 0 Å². The largest absolute Gasteiger partial charge is 0.401 e. The minimum atomic E-state index is -0.164. The minimum absolute atomic E-state index is 0.164. The van der Waals surface area contributed by atoms with Crippen LogP contribution in [-0.4, -0.2) is 23.1 Å². The van der Waals surface area contributed by atoms with Crippen molar-refractivity contribution in [2.24, 2.45) is 0 Å². The summed E-state index contributed by atoms with van der Waals surface area (Å²) in [6.07, 6.45) is 0. The molecule has 0 radical (unpaired) electrons. The third-order valence-electron chi connectivity index (χ3n) is 3.30. The average molecular weight is 330 g/mol. The molecule has 0 spiro atoms. The molecule has 0 fully saturated rings. The molecule has 2 rings (SSSR count).